The Morgan fingerprint density at radius 3 is 3.17 bits per heavy atom. The molecule has 4 nitrogen and oxygen atoms in total. The Balaban J connectivity index is 1.81. The van der Waals surface area contributed by atoms with Crippen LogP contribution in [0.25, 0.3) is 0 Å². The van der Waals surface area contributed by atoms with Gasteiger partial charge in [-0.15, -0.1) is 11.3 Å². The molecule has 1 saturated heterocycles. The standard InChI is InChI=1S/C13H20N2O2S/c1-10(2)12-8-15(5-6-17-12)13(16)4-3-11-7-14-9-18-11/h7,9-10,12H,3-6,8H2,1-2H3. The maximum absolute atomic E-state index is 12.1. The first-order chi connectivity index (χ1) is 8.66. The van der Waals surface area contributed by atoms with E-state index >= 15 is 0 Å². The zero-order chi connectivity index (χ0) is 13.0. The van der Waals surface area contributed by atoms with E-state index in [9.17, 15) is 4.79 Å². The lowest BCUT2D eigenvalue weighted by molar-refractivity contribution is -0.140. The molecule has 0 aromatic carbocycles. The van der Waals surface area contributed by atoms with Crippen molar-refractivity contribution < 1.29 is 9.53 Å². The summed E-state index contributed by atoms with van der Waals surface area (Å²) >= 11 is 1.61. The number of hydrogen-bond donors (Lipinski definition) is 0. The van der Waals surface area contributed by atoms with E-state index in [1.165, 1.54) is 4.88 Å². The van der Waals surface area contributed by atoms with Gasteiger partial charge in [-0.25, -0.2) is 0 Å². The van der Waals surface area contributed by atoms with Gasteiger partial charge >= 0.3 is 0 Å². The van der Waals surface area contributed by atoms with Crippen molar-refractivity contribution >= 4 is 17.2 Å². The topological polar surface area (TPSA) is 42.4 Å². The number of hydrogen-bond acceptors (Lipinski definition) is 4. The summed E-state index contributed by atoms with van der Waals surface area (Å²) in [6.45, 7) is 6.39. The third-order valence-corrected chi connectivity index (χ3v) is 4.10. The molecular weight excluding hydrogens is 248 g/mol. The Labute approximate surface area is 112 Å². The number of carbonyl (C=O) groups excluding carboxylic acids is 1. The summed E-state index contributed by atoms with van der Waals surface area (Å²) in [7, 11) is 0. The molecule has 0 bridgehead atoms. The van der Waals surface area contributed by atoms with Gasteiger partial charge in [0.05, 0.1) is 18.2 Å². The van der Waals surface area contributed by atoms with Crippen LogP contribution in [-0.2, 0) is 16.0 Å². The summed E-state index contributed by atoms with van der Waals surface area (Å²) < 4.78 is 5.67. The fraction of sp³-hybridized carbons (Fsp3) is 0.692. The second-order valence-corrected chi connectivity index (χ2v) is 5.93. The molecule has 1 aliphatic heterocycles. The van der Waals surface area contributed by atoms with E-state index in [-0.39, 0.29) is 12.0 Å². The lowest BCUT2D eigenvalue weighted by Crippen LogP contribution is -2.47. The number of amides is 1. The summed E-state index contributed by atoms with van der Waals surface area (Å²) in [6, 6.07) is 0. The Morgan fingerprint density at radius 2 is 2.50 bits per heavy atom. The molecule has 1 atom stereocenters. The fourth-order valence-corrected chi connectivity index (χ4v) is 2.66. The van der Waals surface area contributed by atoms with Crippen molar-refractivity contribution in [1.82, 2.24) is 9.88 Å². The number of aryl methyl sites for hydroxylation is 1. The number of thiazole rings is 1. The summed E-state index contributed by atoms with van der Waals surface area (Å²) in [5.41, 5.74) is 1.81. The van der Waals surface area contributed by atoms with Crippen LogP contribution in [0, 0.1) is 5.92 Å². The normalized spacial score (nSPS) is 20.4. The molecule has 1 amide bonds. The van der Waals surface area contributed by atoms with E-state index in [1.54, 1.807) is 11.3 Å². The van der Waals surface area contributed by atoms with Crippen LogP contribution in [0.3, 0.4) is 0 Å². The van der Waals surface area contributed by atoms with Crippen LogP contribution in [0.15, 0.2) is 11.7 Å². The first-order valence-corrected chi connectivity index (χ1v) is 7.31. The molecule has 5 heteroatoms. The van der Waals surface area contributed by atoms with E-state index in [1.807, 2.05) is 16.6 Å². The highest BCUT2D eigenvalue weighted by atomic mass is 32.1. The minimum atomic E-state index is 0.186. The van der Waals surface area contributed by atoms with Crippen molar-refractivity contribution in [2.45, 2.75) is 32.8 Å². The summed E-state index contributed by atoms with van der Waals surface area (Å²) in [5, 5.41) is 0. The Kier molecular flexibility index (Phi) is 4.72. The number of aromatic nitrogens is 1. The largest absolute Gasteiger partial charge is 0.374 e. The van der Waals surface area contributed by atoms with E-state index in [0.29, 0.717) is 18.9 Å². The van der Waals surface area contributed by atoms with E-state index in [0.717, 1.165) is 19.5 Å². The first-order valence-electron chi connectivity index (χ1n) is 6.43. The molecule has 2 rings (SSSR count). The van der Waals surface area contributed by atoms with Gasteiger partial charge in [-0.3, -0.25) is 9.78 Å². The molecule has 2 heterocycles. The molecule has 1 aliphatic rings. The lowest BCUT2D eigenvalue weighted by atomic mass is 10.1. The van der Waals surface area contributed by atoms with Crippen LogP contribution < -0.4 is 0 Å². The smallest absolute Gasteiger partial charge is 0.223 e. The number of nitrogens with zero attached hydrogens (tertiary/aromatic N) is 2. The molecule has 1 fully saturated rings. The fourth-order valence-electron chi connectivity index (χ4n) is 2.06. The summed E-state index contributed by atoms with van der Waals surface area (Å²) in [4.78, 5) is 19.3. The molecule has 0 radical (unpaired) electrons. The number of carbonyl (C=O) groups is 1. The minimum absolute atomic E-state index is 0.186. The summed E-state index contributed by atoms with van der Waals surface area (Å²) in [6.07, 6.45) is 3.40. The summed E-state index contributed by atoms with van der Waals surface area (Å²) in [5.74, 6) is 0.694. The van der Waals surface area contributed by atoms with Crippen LogP contribution in [0.2, 0.25) is 0 Å². The van der Waals surface area contributed by atoms with Gasteiger partial charge in [-0.05, 0) is 12.3 Å². The van der Waals surface area contributed by atoms with Gasteiger partial charge in [0.2, 0.25) is 5.91 Å². The maximum atomic E-state index is 12.1. The molecule has 1 aromatic heterocycles. The Bertz CT molecular complexity index is 378. The minimum Gasteiger partial charge on any atom is -0.374 e. The van der Waals surface area contributed by atoms with Gasteiger partial charge in [0.15, 0.2) is 0 Å². The molecule has 0 aliphatic carbocycles. The second-order valence-electron chi connectivity index (χ2n) is 4.96. The zero-order valence-corrected chi connectivity index (χ0v) is 11.8. The van der Waals surface area contributed by atoms with E-state index in [2.05, 4.69) is 18.8 Å². The number of rotatable bonds is 4. The average Bonchev–Trinajstić information content (AvgIpc) is 2.89. The highest BCUT2D eigenvalue weighted by molar-refractivity contribution is 7.09. The monoisotopic (exact) mass is 268 g/mol. The van der Waals surface area contributed by atoms with Crippen molar-refractivity contribution in [2.24, 2.45) is 5.92 Å². The molecule has 1 aromatic rings. The van der Waals surface area contributed by atoms with Crippen LogP contribution in [-0.4, -0.2) is 41.6 Å². The molecule has 0 spiro atoms. The van der Waals surface area contributed by atoms with Crippen molar-refractivity contribution in [3.05, 3.63) is 16.6 Å². The van der Waals surface area contributed by atoms with E-state index < -0.39 is 0 Å². The SMILES string of the molecule is CC(C)C1CN(C(=O)CCc2cncs2)CCO1. The lowest BCUT2D eigenvalue weighted by Gasteiger charge is -2.35. The Morgan fingerprint density at radius 1 is 1.67 bits per heavy atom. The van der Waals surface area contributed by atoms with Gasteiger partial charge in [0.25, 0.3) is 0 Å². The van der Waals surface area contributed by atoms with Crippen molar-refractivity contribution in [3.8, 4) is 0 Å². The van der Waals surface area contributed by atoms with Crippen molar-refractivity contribution in [1.29, 1.82) is 0 Å². The van der Waals surface area contributed by atoms with Gasteiger partial charge < -0.3 is 9.64 Å². The third kappa shape index (κ3) is 3.53. The predicted molar refractivity (Wildman–Crippen MR) is 71.6 cm³/mol. The van der Waals surface area contributed by atoms with Crippen LogP contribution in [0.5, 0.6) is 0 Å². The van der Waals surface area contributed by atoms with Crippen molar-refractivity contribution in [3.63, 3.8) is 0 Å². The third-order valence-electron chi connectivity index (χ3n) is 3.26. The number of ether oxygens (including phenoxy) is 1. The van der Waals surface area contributed by atoms with Crippen LogP contribution in [0.1, 0.15) is 25.1 Å². The molecule has 18 heavy (non-hydrogen) atoms. The van der Waals surface area contributed by atoms with Gasteiger partial charge in [0, 0.05) is 30.6 Å². The molecule has 100 valence electrons. The van der Waals surface area contributed by atoms with Crippen LogP contribution >= 0.6 is 11.3 Å². The van der Waals surface area contributed by atoms with Gasteiger partial charge in [0.1, 0.15) is 0 Å². The molecule has 1 unspecified atom stereocenters. The number of morpholine rings is 1. The zero-order valence-electron chi connectivity index (χ0n) is 11.0. The van der Waals surface area contributed by atoms with Gasteiger partial charge in [-0.1, -0.05) is 13.8 Å². The highest BCUT2D eigenvalue weighted by Gasteiger charge is 2.25. The van der Waals surface area contributed by atoms with Gasteiger partial charge in [-0.2, -0.15) is 0 Å². The molecular formula is C13H20N2O2S. The maximum Gasteiger partial charge on any atom is 0.223 e. The Hall–Kier alpha value is -0.940. The predicted octanol–water partition coefficient (Wildman–Crippen LogP) is 1.96. The first kappa shape index (κ1) is 13.5. The van der Waals surface area contributed by atoms with E-state index in [4.69, 9.17) is 4.74 Å². The van der Waals surface area contributed by atoms with Crippen LogP contribution in [0.4, 0.5) is 0 Å². The molecule has 0 saturated carbocycles. The average molecular weight is 268 g/mol. The van der Waals surface area contributed by atoms with Crippen molar-refractivity contribution in [2.75, 3.05) is 19.7 Å². The quantitative estimate of drug-likeness (QED) is 0.838. The second kappa shape index (κ2) is 6.29. The highest BCUT2D eigenvalue weighted by Crippen LogP contribution is 2.15. The molecule has 0 N–H and O–H groups in total.